The van der Waals surface area contributed by atoms with E-state index < -0.39 is 0 Å². The predicted octanol–water partition coefficient (Wildman–Crippen LogP) is 7.22. The maximum atomic E-state index is 5.68. The third kappa shape index (κ3) is 6.31. The van der Waals surface area contributed by atoms with Gasteiger partial charge >= 0.3 is 0 Å². The summed E-state index contributed by atoms with van der Waals surface area (Å²) < 4.78 is 8.83. The zero-order valence-electron chi connectivity index (χ0n) is 22.7. The van der Waals surface area contributed by atoms with Crippen LogP contribution in [0.5, 0.6) is 0 Å². The lowest BCUT2D eigenvalue weighted by molar-refractivity contribution is 0.770. The van der Waals surface area contributed by atoms with Crippen LogP contribution in [0.3, 0.4) is 0 Å². The van der Waals surface area contributed by atoms with Gasteiger partial charge in [-0.15, -0.1) is 0 Å². The van der Waals surface area contributed by atoms with E-state index in [4.69, 9.17) is 5.73 Å². The molecule has 6 rings (SSSR count). The Morgan fingerprint density at radius 1 is 0.667 bits per heavy atom. The second-order valence-electron chi connectivity index (χ2n) is 9.26. The van der Waals surface area contributed by atoms with E-state index in [1.165, 1.54) is 22.0 Å². The van der Waals surface area contributed by atoms with Crippen molar-refractivity contribution in [1.82, 2.24) is 29.3 Å². The normalized spacial score (nSPS) is 10.9. The Morgan fingerprint density at radius 2 is 1.10 bits per heavy atom. The minimum absolute atomic E-state index is 0.583. The number of hydrogen-bond donors (Lipinski definition) is 1. The molecule has 3 aromatic carbocycles. The van der Waals surface area contributed by atoms with E-state index in [1.54, 1.807) is 4.68 Å². The highest BCUT2D eigenvalue weighted by atomic mass is 79.9. The van der Waals surface area contributed by atoms with Crippen LogP contribution in [-0.2, 0) is 27.6 Å². The Bertz CT molecular complexity index is 1760. The van der Waals surface area contributed by atoms with E-state index >= 15 is 0 Å². The molecule has 0 aliphatic heterocycles. The van der Waals surface area contributed by atoms with Crippen molar-refractivity contribution in [3.05, 3.63) is 73.7 Å². The van der Waals surface area contributed by atoms with Gasteiger partial charge in [-0.1, -0.05) is 54.7 Å². The number of nitrogen functional groups attached to an aromatic ring is 1. The maximum absolute atomic E-state index is 5.68. The van der Waals surface area contributed by atoms with Crippen LogP contribution in [0.25, 0.3) is 32.7 Å². The summed E-state index contributed by atoms with van der Waals surface area (Å²) in [6.45, 7) is 2.13. The molecule has 0 bridgehead atoms. The van der Waals surface area contributed by atoms with Gasteiger partial charge in [-0.25, -0.2) is 0 Å². The Morgan fingerprint density at radius 3 is 1.64 bits per heavy atom. The van der Waals surface area contributed by atoms with E-state index in [1.807, 2.05) is 73.8 Å². The minimum atomic E-state index is 0.583. The van der Waals surface area contributed by atoms with Gasteiger partial charge in [0, 0.05) is 64.8 Å². The molecule has 2 N–H and O–H groups in total. The summed E-state index contributed by atoms with van der Waals surface area (Å²) in [6.07, 6.45) is 0.985. The third-order valence-electron chi connectivity index (χ3n) is 6.28. The number of nitrogens with two attached hydrogens (primary N) is 1. The van der Waals surface area contributed by atoms with Gasteiger partial charge in [0.2, 0.25) is 0 Å². The second-order valence-corrected chi connectivity index (χ2v) is 12.0. The summed E-state index contributed by atoms with van der Waals surface area (Å²) in [5.41, 5.74) is 10.2. The van der Waals surface area contributed by atoms with E-state index in [-0.39, 0.29) is 0 Å². The molecule has 39 heavy (non-hydrogen) atoms. The predicted molar refractivity (Wildman–Crippen MR) is 173 cm³/mol. The van der Waals surface area contributed by atoms with Crippen LogP contribution >= 0.6 is 47.8 Å². The summed E-state index contributed by atoms with van der Waals surface area (Å²) in [6, 6.07) is 18.4. The first kappa shape index (κ1) is 29.1. The number of hydrogen-bond acceptors (Lipinski definition) is 5. The molecular weight excluding hydrogens is 688 g/mol. The summed E-state index contributed by atoms with van der Waals surface area (Å²) >= 11 is 10.3. The summed E-state index contributed by atoms with van der Waals surface area (Å²) in [7, 11) is 9.83. The summed E-state index contributed by atoms with van der Waals surface area (Å²) in [5.74, 6) is 1.59. The molecular formula is C28H31Br3N8. The van der Waals surface area contributed by atoms with Crippen molar-refractivity contribution in [3.63, 3.8) is 0 Å². The fraction of sp³-hybridized carbons (Fsp3) is 0.250. The van der Waals surface area contributed by atoms with Crippen molar-refractivity contribution in [2.75, 3.05) is 24.7 Å². The number of aromatic nitrogens is 6. The standard InChI is InChI=1S/C10H12BrN3.C10H11BrN2.C8H8BrN3/c1-13(2)10-8-5-4-7(11)6-9(8)14(3)12-10;1-3-9-8-5-4-7(11)6-10(8)13(2)12-9;1-12-7-4-5(9)2-3-6(7)8(10)11-12/h4-6H,1-3H3;4-6H,3H2,1-2H3;2-4H,1H3,(H2,10,11). The first-order chi connectivity index (χ1) is 18.5. The molecule has 0 fully saturated rings. The van der Waals surface area contributed by atoms with Crippen LogP contribution in [0, 0.1) is 0 Å². The van der Waals surface area contributed by atoms with E-state index in [0.29, 0.717) is 5.82 Å². The molecule has 204 valence electrons. The van der Waals surface area contributed by atoms with Crippen molar-refractivity contribution in [1.29, 1.82) is 0 Å². The molecule has 0 aliphatic rings. The number of anilines is 2. The Hall–Kier alpha value is -2.89. The average Bonchev–Trinajstić information content (AvgIpc) is 3.50. The highest BCUT2D eigenvalue weighted by Crippen LogP contribution is 2.27. The third-order valence-corrected chi connectivity index (χ3v) is 7.76. The van der Waals surface area contributed by atoms with Gasteiger partial charge in [-0.2, -0.15) is 15.3 Å². The van der Waals surface area contributed by atoms with Gasteiger partial charge in [0.05, 0.1) is 22.2 Å². The zero-order chi connectivity index (χ0) is 28.4. The SMILES string of the molecule is CCc1nn(C)c2cc(Br)ccc12.CN(C)c1nn(C)c2cc(Br)ccc12.Cn1nc(N)c2ccc(Br)cc21. The van der Waals surface area contributed by atoms with Gasteiger partial charge in [0.15, 0.2) is 11.6 Å². The molecule has 8 nitrogen and oxygen atoms in total. The fourth-order valence-corrected chi connectivity index (χ4v) is 5.41. The molecule has 3 heterocycles. The average molecular weight is 719 g/mol. The van der Waals surface area contributed by atoms with Crippen molar-refractivity contribution < 1.29 is 0 Å². The van der Waals surface area contributed by atoms with Crippen LogP contribution in [0.1, 0.15) is 12.6 Å². The van der Waals surface area contributed by atoms with Crippen LogP contribution in [0.15, 0.2) is 68.0 Å². The highest BCUT2D eigenvalue weighted by Gasteiger charge is 2.10. The van der Waals surface area contributed by atoms with Crippen molar-refractivity contribution in [2.45, 2.75) is 13.3 Å². The summed E-state index contributed by atoms with van der Waals surface area (Å²) in [4.78, 5) is 2.02. The van der Waals surface area contributed by atoms with Gasteiger partial charge in [0.25, 0.3) is 0 Å². The lowest BCUT2D eigenvalue weighted by Gasteiger charge is -2.07. The van der Waals surface area contributed by atoms with Crippen molar-refractivity contribution in [2.24, 2.45) is 21.1 Å². The molecule has 0 amide bonds. The monoisotopic (exact) mass is 716 g/mol. The Balaban J connectivity index is 0.000000136. The molecule has 0 radical (unpaired) electrons. The van der Waals surface area contributed by atoms with Crippen LogP contribution in [0.2, 0.25) is 0 Å². The van der Waals surface area contributed by atoms with Gasteiger partial charge < -0.3 is 10.6 Å². The topological polar surface area (TPSA) is 82.7 Å². The van der Waals surface area contributed by atoms with Crippen molar-refractivity contribution >= 4 is 92.1 Å². The zero-order valence-corrected chi connectivity index (χ0v) is 27.5. The molecule has 11 heteroatoms. The number of halogens is 3. The number of nitrogens with zero attached hydrogens (tertiary/aromatic N) is 7. The first-order valence-electron chi connectivity index (χ1n) is 12.3. The number of fused-ring (bicyclic) bond motifs is 3. The van der Waals surface area contributed by atoms with E-state index in [9.17, 15) is 0 Å². The smallest absolute Gasteiger partial charge is 0.158 e. The Labute approximate surface area is 253 Å². The minimum Gasteiger partial charge on any atom is -0.382 e. The van der Waals surface area contributed by atoms with E-state index in [2.05, 4.69) is 100 Å². The fourth-order valence-electron chi connectivity index (χ4n) is 4.37. The van der Waals surface area contributed by atoms with E-state index in [0.717, 1.165) is 42.1 Å². The highest BCUT2D eigenvalue weighted by molar-refractivity contribution is 9.11. The summed E-state index contributed by atoms with van der Waals surface area (Å²) in [5, 5.41) is 16.4. The molecule has 3 aromatic heterocycles. The Kier molecular flexibility index (Phi) is 9.03. The van der Waals surface area contributed by atoms with Crippen molar-refractivity contribution in [3.8, 4) is 0 Å². The first-order valence-corrected chi connectivity index (χ1v) is 14.7. The molecule has 0 spiro atoms. The lowest BCUT2D eigenvalue weighted by Crippen LogP contribution is -2.09. The van der Waals surface area contributed by atoms with Crippen LogP contribution < -0.4 is 10.6 Å². The number of benzene rings is 3. The molecule has 0 unspecified atom stereocenters. The van der Waals surface area contributed by atoms with Gasteiger partial charge in [0.1, 0.15) is 0 Å². The molecule has 0 atom stereocenters. The molecule has 0 aliphatic carbocycles. The molecule has 0 saturated heterocycles. The second kappa shape index (κ2) is 12.1. The largest absolute Gasteiger partial charge is 0.382 e. The van der Waals surface area contributed by atoms with Crippen LogP contribution in [0.4, 0.5) is 11.6 Å². The quantitative estimate of drug-likeness (QED) is 0.205. The molecule has 0 saturated carbocycles. The molecule has 6 aromatic rings. The van der Waals surface area contributed by atoms with Gasteiger partial charge in [-0.3, -0.25) is 14.0 Å². The maximum Gasteiger partial charge on any atom is 0.158 e. The number of rotatable bonds is 2. The van der Waals surface area contributed by atoms with Gasteiger partial charge in [-0.05, 0) is 61.0 Å². The van der Waals surface area contributed by atoms with Crippen LogP contribution in [-0.4, -0.2) is 43.4 Å². The number of aryl methyl sites for hydroxylation is 4. The lowest BCUT2D eigenvalue weighted by atomic mass is 10.2.